The predicted molar refractivity (Wildman–Crippen MR) is 86.2 cm³/mol. The molecule has 0 amide bonds. The van der Waals surface area contributed by atoms with Crippen molar-refractivity contribution in [2.45, 2.75) is 4.90 Å². The maximum Gasteiger partial charge on any atom is 1.00 e. The Hall–Kier alpha value is -0.660. The van der Waals surface area contributed by atoms with Crippen LogP contribution in [-0.2, 0) is 11.1 Å². The van der Waals surface area contributed by atoms with Gasteiger partial charge in [0.2, 0.25) is 0 Å². The molecule has 4 nitrogen and oxygen atoms in total. The third-order valence-electron chi connectivity index (χ3n) is 3.07. The Morgan fingerprint density at radius 2 is 1.74 bits per heavy atom. The fourth-order valence-electron chi connectivity index (χ4n) is 2.10. The standard InChI is InChI=1S/C15H10Cl2N2O2S.Na/c16-11-2-1-3-12(8-11)19-14(9-15(17)18-19)10-4-6-13(7-5-10)22(20)21;/h1-9H,(H,20,21);/q;+1/p-1. The van der Waals surface area contributed by atoms with Crippen LogP contribution in [0, 0.1) is 0 Å². The molecule has 1 unspecified atom stereocenters. The van der Waals surface area contributed by atoms with Crippen LogP contribution in [0.5, 0.6) is 0 Å². The van der Waals surface area contributed by atoms with Crippen LogP contribution in [0.1, 0.15) is 0 Å². The van der Waals surface area contributed by atoms with Gasteiger partial charge in [0.1, 0.15) is 0 Å². The largest absolute Gasteiger partial charge is 1.00 e. The van der Waals surface area contributed by atoms with E-state index >= 15 is 0 Å². The number of rotatable bonds is 3. The second kappa shape index (κ2) is 7.94. The Bertz CT molecular complexity index is 853. The Morgan fingerprint density at radius 3 is 2.35 bits per heavy atom. The van der Waals surface area contributed by atoms with Gasteiger partial charge in [-0.2, -0.15) is 5.10 Å². The third-order valence-corrected chi connectivity index (χ3v) is 4.15. The molecule has 8 heteroatoms. The molecule has 0 N–H and O–H groups in total. The first-order chi connectivity index (χ1) is 10.5. The minimum atomic E-state index is -2.25. The van der Waals surface area contributed by atoms with Crippen molar-refractivity contribution in [2.75, 3.05) is 0 Å². The topological polar surface area (TPSA) is 57.9 Å². The second-order valence-electron chi connectivity index (χ2n) is 4.50. The summed E-state index contributed by atoms with van der Waals surface area (Å²) in [5.41, 5.74) is 2.31. The smallest absolute Gasteiger partial charge is 0.768 e. The number of halogens is 2. The molecule has 1 aromatic heterocycles. The zero-order valence-electron chi connectivity index (χ0n) is 12.1. The summed E-state index contributed by atoms with van der Waals surface area (Å²) >= 11 is 9.79. The van der Waals surface area contributed by atoms with Crippen molar-refractivity contribution in [3.8, 4) is 16.9 Å². The van der Waals surface area contributed by atoms with Crippen molar-refractivity contribution in [1.29, 1.82) is 0 Å². The molecule has 112 valence electrons. The number of nitrogens with zero attached hydrogens (tertiary/aromatic N) is 2. The molecule has 0 aliphatic rings. The van der Waals surface area contributed by atoms with E-state index in [9.17, 15) is 8.76 Å². The molecule has 2 aromatic carbocycles. The summed E-state index contributed by atoms with van der Waals surface area (Å²) in [5.74, 6) is 0. The van der Waals surface area contributed by atoms with Crippen molar-refractivity contribution >= 4 is 34.3 Å². The normalized spacial score (nSPS) is 11.8. The van der Waals surface area contributed by atoms with E-state index in [1.54, 1.807) is 35.0 Å². The van der Waals surface area contributed by atoms with Crippen LogP contribution in [0.4, 0.5) is 0 Å². The fraction of sp³-hybridized carbons (Fsp3) is 0. The molecule has 0 fully saturated rings. The van der Waals surface area contributed by atoms with Gasteiger partial charge in [0.25, 0.3) is 0 Å². The average Bonchev–Trinajstić information content (AvgIpc) is 2.89. The summed E-state index contributed by atoms with van der Waals surface area (Å²) in [6, 6.07) is 15.4. The molecule has 0 radical (unpaired) electrons. The fourth-order valence-corrected chi connectivity index (χ4v) is 2.82. The molecule has 0 saturated heterocycles. The maximum atomic E-state index is 10.9. The molecular weight excluding hydrogens is 366 g/mol. The van der Waals surface area contributed by atoms with E-state index in [1.165, 1.54) is 12.1 Å². The van der Waals surface area contributed by atoms with Gasteiger partial charge >= 0.3 is 29.6 Å². The molecule has 23 heavy (non-hydrogen) atoms. The van der Waals surface area contributed by atoms with Crippen molar-refractivity contribution in [3.05, 3.63) is 64.8 Å². The van der Waals surface area contributed by atoms with Crippen molar-refractivity contribution in [1.82, 2.24) is 9.78 Å². The molecule has 3 rings (SSSR count). The average molecular weight is 375 g/mol. The minimum Gasteiger partial charge on any atom is -0.768 e. The summed E-state index contributed by atoms with van der Waals surface area (Å²) < 4.78 is 23.5. The van der Waals surface area contributed by atoms with Gasteiger partial charge in [-0.05, 0) is 41.4 Å². The molecular formula is C15H9Cl2N2NaO2S. The quantitative estimate of drug-likeness (QED) is 0.509. The number of benzene rings is 2. The van der Waals surface area contributed by atoms with Crippen LogP contribution in [0.3, 0.4) is 0 Å². The SMILES string of the molecule is O=S([O-])c1ccc(-c2cc(Cl)nn2-c2cccc(Cl)c2)cc1.[Na+]. The first-order valence-electron chi connectivity index (χ1n) is 6.26. The molecule has 0 bridgehead atoms. The Balaban J connectivity index is 0.00000192. The van der Waals surface area contributed by atoms with Crippen molar-refractivity contribution in [3.63, 3.8) is 0 Å². The van der Waals surface area contributed by atoms with Gasteiger partial charge in [0, 0.05) is 21.5 Å². The third kappa shape index (κ3) is 4.25. The van der Waals surface area contributed by atoms with E-state index in [4.69, 9.17) is 23.2 Å². The van der Waals surface area contributed by atoms with Crippen LogP contribution < -0.4 is 29.6 Å². The van der Waals surface area contributed by atoms with E-state index in [1.807, 2.05) is 12.1 Å². The molecule has 3 aromatic rings. The number of hydrogen-bond acceptors (Lipinski definition) is 3. The molecule has 0 aliphatic heterocycles. The zero-order valence-corrected chi connectivity index (χ0v) is 16.4. The van der Waals surface area contributed by atoms with Crippen LogP contribution in [0.15, 0.2) is 59.5 Å². The second-order valence-corrected chi connectivity index (χ2v) is 6.27. The summed E-state index contributed by atoms with van der Waals surface area (Å²) in [4.78, 5) is 0.226. The van der Waals surface area contributed by atoms with Gasteiger partial charge in [0.05, 0.1) is 11.4 Å². The molecule has 0 spiro atoms. The van der Waals surface area contributed by atoms with E-state index < -0.39 is 11.1 Å². The minimum absolute atomic E-state index is 0. The van der Waals surface area contributed by atoms with E-state index in [-0.39, 0.29) is 34.5 Å². The summed E-state index contributed by atoms with van der Waals surface area (Å²) in [6.45, 7) is 0. The van der Waals surface area contributed by atoms with Gasteiger partial charge in [-0.25, -0.2) is 4.68 Å². The van der Waals surface area contributed by atoms with Crippen LogP contribution in [-0.4, -0.2) is 18.5 Å². The van der Waals surface area contributed by atoms with Gasteiger partial charge in [-0.1, -0.05) is 41.4 Å². The van der Waals surface area contributed by atoms with E-state index in [0.717, 1.165) is 16.9 Å². The predicted octanol–water partition coefficient (Wildman–Crippen LogP) is 1.09. The summed E-state index contributed by atoms with van der Waals surface area (Å²) in [6.07, 6.45) is 0. The van der Waals surface area contributed by atoms with Crippen molar-refractivity contribution in [2.24, 2.45) is 0 Å². The van der Waals surface area contributed by atoms with E-state index in [2.05, 4.69) is 5.10 Å². The van der Waals surface area contributed by atoms with E-state index in [0.29, 0.717) is 10.2 Å². The molecule has 0 aliphatic carbocycles. The van der Waals surface area contributed by atoms with Crippen molar-refractivity contribution < 1.29 is 38.3 Å². The van der Waals surface area contributed by atoms with Crippen LogP contribution >= 0.6 is 23.2 Å². The summed E-state index contributed by atoms with van der Waals surface area (Å²) in [7, 11) is 0. The molecule has 1 heterocycles. The van der Waals surface area contributed by atoms with Gasteiger partial charge < -0.3 is 4.55 Å². The van der Waals surface area contributed by atoms with Crippen LogP contribution in [0.2, 0.25) is 10.2 Å². The monoisotopic (exact) mass is 374 g/mol. The number of hydrogen-bond donors (Lipinski definition) is 0. The van der Waals surface area contributed by atoms with Gasteiger partial charge in [-0.3, -0.25) is 4.21 Å². The zero-order chi connectivity index (χ0) is 15.7. The Morgan fingerprint density at radius 1 is 1.04 bits per heavy atom. The summed E-state index contributed by atoms with van der Waals surface area (Å²) in [5, 5.41) is 5.19. The first-order valence-corrected chi connectivity index (χ1v) is 8.09. The van der Waals surface area contributed by atoms with Crippen LogP contribution in [0.25, 0.3) is 16.9 Å². The van der Waals surface area contributed by atoms with Gasteiger partial charge in [-0.15, -0.1) is 0 Å². The first kappa shape index (κ1) is 18.7. The maximum absolute atomic E-state index is 10.9. The number of aromatic nitrogens is 2. The Kier molecular flexibility index (Phi) is 6.45. The molecule has 0 saturated carbocycles. The molecule has 1 atom stereocenters. The Labute approximate surface area is 168 Å². The van der Waals surface area contributed by atoms with Gasteiger partial charge in [0.15, 0.2) is 5.15 Å².